The molecule has 1 aliphatic heterocycles. The number of aromatic nitrogens is 5. The molecule has 2 aromatic carbocycles. The van der Waals surface area contributed by atoms with Crippen molar-refractivity contribution < 1.29 is 22.7 Å². The average Bonchev–Trinajstić information content (AvgIpc) is 3.48. The number of aryl methyl sites for hydroxylation is 1. The third-order valence-corrected chi connectivity index (χ3v) is 8.13. The molecule has 1 fully saturated rings. The van der Waals surface area contributed by atoms with Gasteiger partial charge in [0.05, 0.1) is 11.9 Å². The smallest absolute Gasteiger partial charge is 0.416 e. The molecule has 0 bridgehead atoms. The maximum Gasteiger partial charge on any atom is 0.416 e. The van der Waals surface area contributed by atoms with Crippen LogP contribution in [0.5, 0.6) is 11.6 Å². The van der Waals surface area contributed by atoms with Gasteiger partial charge in [0.2, 0.25) is 0 Å². The number of alkyl halides is 3. The van der Waals surface area contributed by atoms with Gasteiger partial charge in [0.25, 0.3) is 11.8 Å². The van der Waals surface area contributed by atoms with Crippen LogP contribution in [0.3, 0.4) is 0 Å². The lowest BCUT2D eigenvalue weighted by atomic mass is 10.1. The predicted molar refractivity (Wildman–Crippen MR) is 172 cm³/mol. The van der Waals surface area contributed by atoms with E-state index in [1.807, 2.05) is 25.5 Å². The van der Waals surface area contributed by atoms with Gasteiger partial charge in [-0.15, -0.1) is 0 Å². The molecule has 10 nitrogen and oxygen atoms in total. The third kappa shape index (κ3) is 7.26. The summed E-state index contributed by atoms with van der Waals surface area (Å²) in [6, 6.07) is 12.3. The number of imidazole rings is 1. The van der Waals surface area contributed by atoms with Crippen molar-refractivity contribution in [1.82, 2.24) is 34.3 Å². The number of hydrogen-bond acceptors (Lipinski definition) is 8. The zero-order valence-electron chi connectivity index (χ0n) is 26.5. The van der Waals surface area contributed by atoms with E-state index < -0.39 is 17.6 Å². The first-order valence-corrected chi connectivity index (χ1v) is 15.3. The summed E-state index contributed by atoms with van der Waals surface area (Å²) >= 11 is 0. The zero-order valence-corrected chi connectivity index (χ0v) is 26.5. The highest BCUT2D eigenvalue weighted by atomic mass is 19.4. The second-order valence-corrected chi connectivity index (χ2v) is 12.0. The number of likely N-dealkylation sites (N-methyl/N-ethyl adjacent to an activating group) is 1. The van der Waals surface area contributed by atoms with Crippen LogP contribution in [0.25, 0.3) is 22.6 Å². The van der Waals surface area contributed by atoms with Crippen LogP contribution in [0, 0.1) is 6.92 Å². The number of hydrogen-bond donors (Lipinski definition) is 1. The lowest BCUT2D eigenvalue weighted by Crippen LogP contribution is -2.43. The molecular weight excluding hydrogens is 609 g/mol. The maximum atomic E-state index is 13.9. The van der Waals surface area contributed by atoms with E-state index in [1.54, 1.807) is 62.0 Å². The number of pyridine rings is 1. The van der Waals surface area contributed by atoms with Gasteiger partial charge < -0.3 is 19.5 Å². The summed E-state index contributed by atoms with van der Waals surface area (Å²) in [5, 5.41) is 2.69. The van der Waals surface area contributed by atoms with Gasteiger partial charge in [-0.1, -0.05) is 6.07 Å². The van der Waals surface area contributed by atoms with Crippen molar-refractivity contribution in [2.24, 2.45) is 0 Å². The van der Waals surface area contributed by atoms with Crippen molar-refractivity contribution in [1.29, 1.82) is 0 Å². The van der Waals surface area contributed by atoms with E-state index in [9.17, 15) is 18.0 Å². The van der Waals surface area contributed by atoms with E-state index in [4.69, 9.17) is 9.72 Å². The summed E-state index contributed by atoms with van der Waals surface area (Å²) < 4.78 is 49.8. The first-order valence-electron chi connectivity index (χ1n) is 15.3. The van der Waals surface area contributed by atoms with Crippen molar-refractivity contribution in [3.63, 3.8) is 0 Å². The number of halogens is 3. The van der Waals surface area contributed by atoms with Gasteiger partial charge in [-0.2, -0.15) is 18.2 Å². The number of rotatable bonds is 8. The van der Waals surface area contributed by atoms with E-state index in [-0.39, 0.29) is 23.2 Å². The molecule has 244 valence electrons. The maximum absolute atomic E-state index is 13.9. The van der Waals surface area contributed by atoms with E-state index in [2.05, 4.69) is 30.1 Å². The minimum atomic E-state index is -4.57. The molecule has 6 rings (SSSR count). The Bertz CT molecular complexity index is 1900. The molecule has 5 aromatic rings. The molecule has 0 spiro atoms. The SMILES string of the molecule is Cc1ccc(Oc2nc(-c3ccncc3)nc3c2ncn3C(C)C)cc1C(=O)Nc1cc(CN2CCN(C)CC2)cc(C(F)(F)F)c1. The van der Waals surface area contributed by atoms with Gasteiger partial charge in [-0.3, -0.25) is 14.7 Å². The van der Waals surface area contributed by atoms with Crippen molar-refractivity contribution in [2.45, 2.75) is 39.5 Å². The number of nitrogens with zero attached hydrogens (tertiary/aromatic N) is 7. The van der Waals surface area contributed by atoms with Crippen LogP contribution in [0.4, 0.5) is 18.9 Å². The van der Waals surface area contributed by atoms with E-state index in [0.717, 1.165) is 43.9 Å². The fourth-order valence-electron chi connectivity index (χ4n) is 5.47. The van der Waals surface area contributed by atoms with Gasteiger partial charge in [0.15, 0.2) is 17.0 Å². The van der Waals surface area contributed by atoms with Crippen LogP contribution in [0.15, 0.2) is 67.3 Å². The topological polar surface area (TPSA) is 101 Å². The number of carbonyl (C=O) groups excluding carboxylic acids is 1. The summed E-state index contributed by atoms with van der Waals surface area (Å²) in [5.74, 6) is 0.356. The first-order chi connectivity index (χ1) is 22.4. The molecule has 0 saturated carbocycles. The zero-order chi connectivity index (χ0) is 33.3. The minimum absolute atomic E-state index is 0.0680. The van der Waals surface area contributed by atoms with Gasteiger partial charge in [-0.25, -0.2) is 9.97 Å². The Hall–Kier alpha value is -4.88. The number of ether oxygens (including phenoxy) is 1. The van der Waals surface area contributed by atoms with E-state index >= 15 is 0 Å². The quantitative estimate of drug-likeness (QED) is 0.202. The van der Waals surface area contributed by atoms with Crippen molar-refractivity contribution in [2.75, 3.05) is 38.5 Å². The second kappa shape index (κ2) is 13.1. The highest BCUT2D eigenvalue weighted by Gasteiger charge is 2.32. The molecule has 3 aromatic heterocycles. The molecule has 1 N–H and O–H groups in total. The van der Waals surface area contributed by atoms with Gasteiger partial charge >= 0.3 is 6.18 Å². The highest BCUT2D eigenvalue weighted by molar-refractivity contribution is 6.05. The molecule has 4 heterocycles. The van der Waals surface area contributed by atoms with Crippen LogP contribution in [0.2, 0.25) is 0 Å². The van der Waals surface area contributed by atoms with Crippen molar-refractivity contribution in [3.05, 3.63) is 89.5 Å². The Balaban J connectivity index is 1.29. The Kier molecular flexibility index (Phi) is 8.93. The molecule has 0 unspecified atom stereocenters. The largest absolute Gasteiger partial charge is 0.437 e. The standard InChI is InChI=1S/C34H35F3N8O2/c1-21(2)45-20-39-29-31(45)41-30(24-7-9-38-10-8-24)42-33(29)47-27-6-5-22(3)28(18-27)32(46)40-26-16-23(15-25(17-26)34(35,36)37)19-44-13-11-43(4)12-14-44/h5-10,15-18,20-21H,11-14,19H2,1-4H3,(H,40,46). The number of fused-ring (bicyclic) bond motifs is 1. The summed E-state index contributed by atoms with van der Waals surface area (Å²) in [6.45, 7) is 9.31. The van der Waals surface area contributed by atoms with Crippen LogP contribution in [-0.2, 0) is 12.7 Å². The number of anilines is 1. The molecule has 13 heteroatoms. The number of piperazine rings is 1. The van der Waals surface area contributed by atoms with Crippen LogP contribution >= 0.6 is 0 Å². The van der Waals surface area contributed by atoms with Crippen LogP contribution < -0.4 is 10.1 Å². The molecule has 0 atom stereocenters. The molecule has 1 amide bonds. The Labute approximate surface area is 270 Å². The molecule has 47 heavy (non-hydrogen) atoms. The normalized spacial score (nSPS) is 14.6. The summed E-state index contributed by atoms with van der Waals surface area (Å²) in [6.07, 6.45) is 0.400. The van der Waals surface area contributed by atoms with E-state index in [0.29, 0.717) is 40.4 Å². The third-order valence-electron chi connectivity index (χ3n) is 8.13. The van der Waals surface area contributed by atoms with Crippen LogP contribution in [-0.4, -0.2) is 73.4 Å². The highest BCUT2D eigenvalue weighted by Crippen LogP contribution is 2.34. The summed E-state index contributed by atoms with van der Waals surface area (Å²) in [7, 11) is 2.02. The van der Waals surface area contributed by atoms with Gasteiger partial charge in [0, 0.05) is 68.0 Å². The average molecular weight is 645 g/mol. The number of nitrogens with one attached hydrogen (secondary N) is 1. The second-order valence-electron chi connectivity index (χ2n) is 12.0. The number of carbonyl (C=O) groups is 1. The number of amides is 1. The lowest BCUT2D eigenvalue weighted by molar-refractivity contribution is -0.137. The minimum Gasteiger partial charge on any atom is -0.437 e. The molecular formula is C34H35F3N8O2. The van der Waals surface area contributed by atoms with E-state index in [1.165, 1.54) is 0 Å². The Morgan fingerprint density at radius 2 is 1.74 bits per heavy atom. The van der Waals surface area contributed by atoms with Crippen molar-refractivity contribution in [3.8, 4) is 23.0 Å². The predicted octanol–water partition coefficient (Wildman–Crippen LogP) is 6.59. The fraction of sp³-hybridized carbons (Fsp3) is 0.324. The Morgan fingerprint density at radius 3 is 2.45 bits per heavy atom. The van der Waals surface area contributed by atoms with Crippen molar-refractivity contribution >= 4 is 22.8 Å². The van der Waals surface area contributed by atoms with Crippen LogP contribution in [0.1, 0.15) is 46.9 Å². The Morgan fingerprint density at radius 1 is 1.00 bits per heavy atom. The molecule has 1 aliphatic rings. The van der Waals surface area contributed by atoms with Gasteiger partial charge in [0.1, 0.15) is 5.75 Å². The summed E-state index contributed by atoms with van der Waals surface area (Å²) in [4.78, 5) is 35.8. The summed E-state index contributed by atoms with van der Waals surface area (Å²) in [5.41, 5.74) is 2.36. The molecule has 0 aliphatic carbocycles. The first kappa shape index (κ1) is 32.1. The van der Waals surface area contributed by atoms with Gasteiger partial charge in [-0.05, 0) is 81.4 Å². The molecule has 0 radical (unpaired) electrons. The number of benzene rings is 2. The lowest BCUT2D eigenvalue weighted by Gasteiger charge is -2.32. The molecule has 1 saturated heterocycles. The fourth-order valence-corrected chi connectivity index (χ4v) is 5.47. The monoisotopic (exact) mass is 644 g/mol.